The van der Waals surface area contributed by atoms with Crippen molar-refractivity contribution in [2.24, 2.45) is 5.92 Å². The molecule has 0 bridgehead atoms. The SMILES string of the molecule is CCC(CC)C(C)NC1COC1. The summed E-state index contributed by atoms with van der Waals surface area (Å²) in [6.45, 7) is 8.64. The van der Waals surface area contributed by atoms with Gasteiger partial charge in [-0.15, -0.1) is 0 Å². The lowest BCUT2D eigenvalue weighted by Crippen LogP contribution is -2.51. The molecule has 72 valence electrons. The van der Waals surface area contributed by atoms with E-state index < -0.39 is 0 Å². The van der Waals surface area contributed by atoms with Crippen molar-refractivity contribution in [3.8, 4) is 0 Å². The molecule has 0 saturated carbocycles. The van der Waals surface area contributed by atoms with Crippen molar-refractivity contribution in [2.75, 3.05) is 13.2 Å². The second-order valence-electron chi connectivity index (χ2n) is 3.77. The fourth-order valence-corrected chi connectivity index (χ4v) is 1.84. The van der Waals surface area contributed by atoms with E-state index in [9.17, 15) is 0 Å². The van der Waals surface area contributed by atoms with Crippen molar-refractivity contribution in [2.45, 2.75) is 45.7 Å². The molecule has 12 heavy (non-hydrogen) atoms. The molecule has 0 amide bonds. The van der Waals surface area contributed by atoms with Crippen LogP contribution < -0.4 is 5.32 Å². The van der Waals surface area contributed by atoms with Gasteiger partial charge >= 0.3 is 0 Å². The van der Waals surface area contributed by atoms with Crippen molar-refractivity contribution >= 4 is 0 Å². The topological polar surface area (TPSA) is 21.3 Å². The highest BCUT2D eigenvalue weighted by atomic mass is 16.5. The second-order valence-corrected chi connectivity index (χ2v) is 3.77. The molecular weight excluding hydrogens is 150 g/mol. The van der Waals surface area contributed by atoms with Gasteiger partial charge in [0.15, 0.2) is 0 Å². The zero-order chi connectivity index (χ0) is 8.97. The summed E-state index contributed by atoms with van der Waals surface area (Å²) in [4.78, 5) is 0. The average molecular weight is 171 g/mol. The Kier molecular flexibility index (Phi) is 4.02. The van der Waals surface area contributed by atoms with Crippen LogP contribution in [0.1, 0.15) is 33.6 Å². The Labute approximate surface area is 75.7 Å². The Morgan fingerprint density at radius 3 is 2.25 bits per heavy atom. The lowest BCUT2D eigenvalue weighted by atomic mass is 9.95. The van der Waals surface area contributed by atoms with Crippen LogP contribution in [0.25, 0.3) is 0 Å². The molecule has 1 aliphatic heterocycles. The number of nitrogens with one attached hydrogen (secondary N) is 1. The van der Waals surface area contributed by atoms with Gasteiger partial charge in [-0.1, -0.05) is 26.7 Å². The molecule has 1 N–H and O–H groups in total. The summed E-state index contributed by atoms with van der Waals surface area (Å²) in [5.74, 6) is 0.825. The van der Waals surface area contributed by atoms with E-state index in [1.54, 1.807) is 0 Å². The van der Waals surface area contributed by atoms with Gasteiger partial charge in [0.05, 0.1) is 19.3 Å². The van der Waals surface area contributed by atoms with Crippen molar-refractivity contribution in [3.63, 3.8) is 0 Å². The molecule has 1 aliphatic rings. The molecule has 0 aromatic rings. The molecule has 1 fully saturated rings. The monoisotopic (exact) mass is 171 g/mol. The van der Waals surface area contributed by atoms with Crippen LogP contribution in [-0.4, -0.2) is 25.3 Å². The van der Waals surface area contributed by atoms with E-state index in [0.29, 0.717) is 12.1 Å². The largest absolute Gasteiger partial charge is 0.378 e. The molecular formula is C10H21NO. The predicted molar refractivity (Wildman–Crippen MR) is 51.3 cm³/mol. The van der Waals surface area contributed by atoms with Crippen molar-refractivity contribution in [1.82, 2.24) is 5.32 Å². The number of hydrogen-bond acceptors (Lipinski definition) is 2. The number of hydrogen-bond donors (Lipinski definition) is 1. The van der Waals surface area contributed by atoms with Crippen LogP contribution >= 0.6 is 0 Å². The predicted octanol–water partition coefficient (Wildman–Crippen LogP) is 1.80. The molecule has 0 radical (unpaired) electrons. The molecule has 0 aromatic heterocycles. The van der Waals surface area contributed by atoms with Crippen LogP contribution in [0.3, 0.4) is 0 Å². The van der Waals surface area contributed by atoms with E-state index >= 15 is 0 Å². The van der Waals surface area contributed by atoms with Gasteiger partial charge in [0, 0.05) is 6.04 Å². The number of rotatable bonds is 5. The van der Waals surface area contributed by atoms with E-state index in [2.05, 4.69) is 26.1 Å². The minimum atomic E-state index is 0.626. The first-order valence-electron chi connectivity index (χ1n) is 5.11. The highest BCUT2D eigenvalue weighted by molar-refractivity contribution is 4.79. The molecule has 1 rings (SSSR count). The van der Waals surface area contributed by atoms with Crippen molar-refractivity contribution in [1.29, 1.82) is 0 Å². The summed E-state index contributed by atoms with van der Waals surface area (Å²) < 4.78 is 5.12. The minimum absolute atomic E-state index is 0.626. The Morgan fingerprint density at radius 1 is 1.33 bits per heavy atom. The van der Waals surface area contributed by atoms with E-state index in [4.69, 9.17) is 4.74 Å². The third-order valence-electron chi connectivity index (χ3n) is 2.89. The lowest BCUT2D eigenvalue weighted by molar-refractivity contribution is -0.0123. The molecule has 2 heteroatoms. The zero-order valence-electron chi connectivity index (χ0n) is 8.47. The molecule has 1 unspecified atom stereocenters. The Balaban J connectivity index is 2.19. The molecule has 0 spiro atoms. The first-order chi connectivity index (χ1) is 5.77. The van der Waals surface area contributed by atoms with Crippen molar-refractivity contribution in [3.05, 3.63) is 0 Å². The van der Waals surface area contributed by atoms with Crippen LogP contribution in [-0.2, 0) is 4.74 Å². The van der Waals surface area contributed by atoms with Gasteiger partial charge in [-0.25, -0.2) is 0 Å². The lowest BCUT2D eigenvalue weighted by Gasteiger charge is -2.33. The first kappa shape index (κ1) is 10.0. The second kappa shape index (κ2) is 4.83. The summed E-state index contributed by atoms with van der Waals surface area (Å²) in [6, 6.07) is 1.27. The zero-order valence-corrected chi connectivity index (χ0v) is 8.47. The van der Waals surface area contributed by atoms with Gasteiger partial charge in [0.2, 0.25) is 0 Å². The van der Waals surface area contributed by atoms with Gasteiger partial charge in [0.25, 0.3) is 0 Å². The number of ether oxygens (including phenoxy) is 1. The molecule has 1 heterocycles. The molecule has 2 nitrogen and oxygen atoms in total. The maximum atomic E-state index is 5.12. The van der Waals surface area contributed by atoms with Crippen LogP contribution in [0.15, 0.2) is 0 Å². The van der Waals surface area contributed by atoms with Crippen LogP contribution in [0.2, 0.25) is 0 Å². The fraction of sp³-hybridized carbons (Fsp3) is 1.00. The van der Waals surface area contributed by atoms with Gasteiger partial charge in [-0.2, -0.15) is 0 Å². The molecule has 0 aliphatic carbocycles. The highest BCUT2D eigenvalue weighted by Gasteiger charge is 2.22. The van der Waals surface area contributed by atoms with E-state index in [0.717, 1.165) is 19.1 Å². The fourth-order valence-electron chi connectivity index (χ4n) is 1.84. The maximum absolute atomic E-state index is 5.12. The third-order valence-corrected chi connectivity index (χ3v) is 2.89. The van der Waals surface area contributed by atoms with Gasteiger partial charge in [0.1, 0.15) is 0 Å². The van der Waals surface area contributed by atoms with E-state index in [1.807, 2.05) is 0 Å². The minimum Gasteiger partial charge on any atom is -0.378 e. The Hall–Kier alpha value is -0.0800. The van der Waals surface area contributed by atoms with E-state index in [1.165, 1.54) is 12.8 Å². The van der Waals surface area contributed by atoms with E-state index in [-0.39, 0.29) is 0 Å². The summed E-state index contributed by atoms with van der Waals surface area (Å²) >= 11 is 0. The maximum Gasteiger partial charge on any atom is 0.0643 e. The molecule has 1 saturated heterocycles. The average Bonchev–Trinajstić information content (AvgIpc) is 1.99. The molecule has 0 aromatic carbocycles. The van der Waals surface area contributed by atoms with Crippen LogP contribution in [0.5, 0.6) is 0 Å². The third kappa shape index (κ3) is 2.46. The normalized spacial score (nSPS) is 21.0. The molecule has 1 atom stereocenters. The van der Waals surface area contributed by atoms with Gasteiger partial charge in [-0.05, 0) is 12.8 Å². The van der Waals surface area contributed by atoms with Crippen molar-refractivity contribution < 1.29 is 4.74 Å². The Morgan fingerprint density at radius 2 is 1.92 bits per heavy atom. The Bertz CT molecular complexity index is 119. The standard InChI is InChI=1S/C10H21NO/c1-4-9(5-2)8(3)11-10-6-12-7-10/h8-11H,4-7H2,1-3H3. The summed E-state index contributed by atoms with van der Waals surface area (Å²) in [5.41, 5.74) is 0. The summed E-state index contributed by atoms with van der Waals surface area (Å²) in [5, 5.41) is 3.59. The van der Waals surface area contributed by atoms with Crippen LogP contribution in [0, 0.1) is 5.92 Å². The summed E-state index contributed by atoms with van der Waals surface area (Å²) in [7, 11) is 0. The quantitative estimate of drug-likeness (QED) is 0.681. The first-order valence-corrected chi connectivity index (χ1v) is 5.11. The van der Waals surface area contributed by atoms with Crippen LogP contribution in [0.4, 0.5) is 0 Å². The van der Waals surface area contributed by atoms with Gasteiger partial charge < -0.3 is 10.1 Å². The van der Waals surface area contributed by atoms with Gasteiger partial charge in [-0.3, -0.25) is 0 Å². The highest BCUT2D eigenvalue weighted by Crippen LogP contribution is 2.14. The summed E-state index contributed by atoms with van der Waals surface area (Å²) in [6.07, 6.45) is 2.55. The smallest absolute Gasteiger partial charge is 0.0643 e.